The second-order valence-electron chi connectivity index (χ2n) is 5.67. The van der Waals surface area contributed by atoms with E-state index >= 15 is 0 Å². The molecule has 21 heavy (non-hydrogen) atoms. The predicted molar refractivity (Wildman–Crippen MR) is 88.7 cm³/mol. The molecule has 0 saturated carbocycles. The third-order valence-electron chi connectivity index (χ3n) is 4.38. The van der Waals surface area contributed by atoms with Crippen LogP contribution in [0.5, 0.6) is 0 Å². The predicted octanol–water partition coefficient (Wildman–Crippen LogP) is 3.30. The van der Waals surface area contributed by atoms with Crippen LogP contribution in [0.3, 0.4) is 0 Å². The lowest BCUT2D eigenvalue weighted by atomic mass is 10.0. The maximum Gasteiger partial charge on any atom is 0.0750 e. The van der Waals surface area contributed by atoms with Crippen molar-refractivity contribution in [2.45, 2.75) is 32.4 Å². The first-order chi connectivity index (χ1) is 10.3. The van der Waals surface area contributed by atoms with E-state index in [9.17, 15) is 0 Å². The van der Waals surface area contributed by atoms with Crippen molar-refractivity contribution in [3.8, 4) is 0 Å². The van der Waals surface area contributed by atoms with Crippen LogP contribution in [0.1, 0.15) is 25.3 Å². The van der Waals surface area contributed by atoms with Crippen molar-refractivity contribution in [3.63, 3.8) is 0 Å². The van der Waals surface area contributed by atoms with Crippen LogP contribution in [0.15, 0.2) is 36.4 Å². The average molecular weight is 284 g/mol. The quantitative estimate of drug-likeness (QED) is 0.915. The highest BCUT2D eigenvalue weighted by Gasteiger charge is 2.20. The number of nitrogens with two attached hydrogens (primary N) is 1. The summed E-state index contributed by atoms with van der Waals surface area (Å²) in [7, 11) is 0. The SMILES string of the molecule is CCN(CC1CCCO1)c1ccc(CN)c2ccccc12. The van der Waals surface area contributed by atoms with Gasteiger partial charge in [0.2, 0.25) is 0 Å². The standard InChI is InChI=1S/C18H24N2O/c1-2-20(13-15-6-5-11-21-15)18-10-9-14(12-19)16-7-3-4-8-17(16)18/h3-4,7-10,15H,2,5-6,11-13,19H2,1H3. The maximum absolute atomic E-state index is 5.87. The number of likely N-dealkylation sites (N-methyl/N-ethyl adjacent to an activating group) is 1. The summed E-state index contributed by atoms with van der Waals surface area (Å²) in [6.45, 7) is 5.67. The molecule has 3 heteroatoms. The number of hydrogen-bond acceptors (Lipinski definition) is 3. The van der Waals surface area contributed by atoms with Crippen molar-refractivity contribution < 1.29 is 4.74 Å². The molecule has 2 N–H and O–H groups in total. The average Bonchev–Trinajstić information content (AvgIpc) is 3.05. The van der Waals surface area contributed by atoms with Gasteiger partial charge in [-0.1, -0.05) is 30.3 Å². The largest absolute Gasteiger partial charge is 0.376 e. The van der Waals surface area contributed by atoms with E-state index in [4.69, 9.17) is 10.5 Å². The van der Waals surface area contributed by atoms with Gasteiger partial charge in [0.25, 0.3) is 0 Å². The molecule has 0 spiro atoms. The van der Waals surface area contributed by atoms with Gasteiger partial charge in [0.1, 0.15) is 0 Å². The Morgan fingerprint density at radius 3 is 2.67 bits per heavy atom. The van der Waals surface area contributed by atoms with Crippen LogP contribution in [-0.2, 0) is 11.3 Å². The lowest BCUT2D eigenvalue weighted by molar-refractivity contribution is 0.116. The molecule has 0 bridgehead atoms. The number of ether oxygens (including phenoxy) is 1. The summed E-state index contributed by atoms with van der Waals surface area (Å²) >= 11 is 0. The minimum absolute atomic E-state index is 0.373. The third-order valence-corrected chi connectivity index (χ3v) is 4.38. The number of nitrogens with zero attached hydrogens (tertiary/aromatic N) is 1. The molecule has 1 aliphatic rings. The molecule has 112 valence electrons. The van der Waals surface area contributed by atoms with Gasteiger partial charge < -0.3 is 15.4 Å². The Labute approximate surface area is 126 Å². The van der Waals surface area contributed by atoms with Gasteiger partial charge in [-0.3, -0.25) is 0 Å². The summed E-state index contributed by atoms with van der Waals surface area (Å²) in [5, 5.41) is 2.56. The van der Waals surface area contributed by atoms with E-state index in [1.54, 1.807) is 0 Å². The van der Waals surface area contributed by atoms with E-state index in [0.29, 0.717) is 12.6 Å². The van der Waals surface area contributed by atoms with Crippen LogP contribution in [0.4, 0.5) is 5.69 Å². The van der Waals surface area contributed by atoms with E-state index in [0.717, 1.165) is 19.7 Å². The van der Waals surface area contributed by atoms with Crippen molar-refractivity contribution in [1.29, 1.82) is 0 Å². The van der Waals surface area contributed by atoms with Gasteiger partial charge in [-0.25, -0.2) is 0 Å². The Balaban J connectivity index is 1.97. The first kappa shape index (κ1) is 14.4. The molecule has 1 aliphatic heterocycles. The fraction of sp³-hybridized carbons (Fsp3) is 0.444. The zero-order chi connectivity index (χ0) is 14.7. The lowest BCUT2D eigenvalue weighted by Gasteiger charge is -2.28. The highest BCUT2D eigenvalue weighted by molar-refractivity contribution is 5.96. The van der Waals surface area contributed by atoms with Gasteiger partial charge in [0.15, 0.2) is 0 Å². The van der Waals surface area contributed by atoms with Crippen LogP contribution in [-0.4, -0.2) is 25.8 Å². The van der Waals surface area contributed by atoms with Crippen LogP contribution in [0.2, 0.25) is 0 Å². The van der Waals surface area contributed by atoms with Crippen molar-refractivity contribution in [2.75, 3.05) is 24.6 Å². The summed E-state index contributed by atoms with van der Waals surface area (Å²) in [5.41, 5.74) is 8.38. The van der Waals surface area contributed by atoms with Gasteiger partial charge in [0, 0.05) is 37.3 Å². The molecule has 0 aliphatic carbocycles. The van der Waals surface area contributed by atoms with Crippen LogP contribution in [0, 0.1) is 0 Å². The summed E-state index contributed by atoms with van der Waals surface area (Å²) < 4.78 is 5.80. The summed E-state index contributed by atoms with van der Waals surface area (Å²) in [6, 6.07) is 12.9. The Morgan fingerprint density at radius 1 is 1.19 bits per heavy atom. The molecule has 1 heterocycles. The van der Waals surface area contributed by atoms with E-state index in [1.807, 2.05) is 0 Å². The minimum atomic E-state index is 0.373. The molecule has 0 radical (unpaired) electrons. The van der Waals surface area contributed by atoms with Crippen LogP contribution >= 0.6 is 0 Å². The van der Waals surface area contributed by atoms with Gasteiger partial charge >= 0.3 is 0 Å². The van der Waals surface area contributed by atoms with Crippen molar-refractivity contribution in [2.24, 2.45) is 5.73 Å². The van der Waals surface area contributed by atoms with Crippen molar-refractivity contribution >= 4 is 16.5 Å². The molecule has 2 aromatic carbocycles. The molecule has 1 unspecified atom stereocenters. The van der Waals surface area contributed by atoms with E-state index in [1.165, 1.54) is 34.9 Å². The third kappa shape index (κ3) is 2.89. The van der Waals surface area contributed by atoms with Crippen LogP contribution < -0.4 is 10.6 Å². The van der Waals surface area contributed by atoms with Crippen LogP contribution in [0.25, 0.3) is 10.8 Å². The molecule has 2 aromatic rings. The number of anilines is 1. The number of benzene rings is 2. The first-order valence-electron chi connectivity index (χ1n) is 7.90. The number of rotatable bonds is 5. The first-order valence-corrected chi connectivity index (χ1v) is 7.90. The molecule has 1 fully saturated rings. The van der Waals surface area contributed by atoms with Crippen molar-refractivity contribution in [3.05, 3.63) is 42.0 Å². The molecule has 1 atom stereocenters. The lowest BCUT2D eigenvalue weighted by Crippen LogP contribution is -2.32. The summed E-state index contributed by atoms with van der Waals surface area (Å²) in [5.74, 6) is 0. The molecular weight excluding hydrogens is 260 g/mol. The summed E-state index contributed by atoms with van der Waals surface area (Å²) in [6.07, 6.45) is 2.74. The van der Waals surface area contributed by atoms with E-state index in [-0.39, 0.29) is 0 Å². The number of fused-ring (bicyclic) bond motifs is 1. The molecule has 0 aromatic heterocycles. The fourth-order valence-electron chi connectivity index (χ4n) is 3.23. The minimum Gasteiger partial charge on any atom is -0.376 e. The van der Waals surface area contributed by atoms with Gasteiger partial charge in [-0.05, 0) is 36.8 Å². The topological polar surface area (TPSA) is 38.5 Å². The zero-order valence-corrected chi connectivity index (χ0v) is 12.7. The Morgan fingerprint density at radius 2 is 2.00 bits per heavy atom. The molecule has 3 rings (SSSR count). The van der Waals surface area contributed by atoms with E-state index < -0.39 is 0 Å². The maximum atomic E-state index is 5.87. The molecular formula is C18H24N2O. The summed E-state index contributed by atoms with van der Waals surface area (Å²) in [4.78, 5) is 2.43. The van der Waals surface area contributed by atoms with Gasteiger partial charge in [-0.2, -0.15) is 0 Å². The van der Waals surface area contributed by atoms with Gasteiger partial charge in [-0.15, -0.1) is 0 Å². The van der Waals surface area contributed by atoms with E-state index in [2.05, 4.69) is 48.2 Å². The molecule has 1 saturated heterocycles. The number of hydrogen-bond donors (Lipinski definition) is 1. The highest BCUT2D eigenvalue weighted by atomic mass is 16.5. The second kappa shape index (κ2) is 6.46. The smallest absolute Gasteiger partial charge is 0.0750 e. The molecule has 0 amide bonds. The highest BCUT2D eigenvalue weighted by Crippen LogP contribution is 2.30. The Bertz CT molecular complexity index is 605. The zero-order valence-electron chi connectivity index (χ0n) is 12.7. The van der Waals surface area contributed by atoms with Crippen molar-refractivity contribution in [1.82, 2.24) is 0 Å². The Kier molecular flexibility index (Phi) is 4.42. The molecule has 3 nitrogen and oxygen atoms in total. The monoisotopic (exact) mass is 284 g/mol. The normalized spacial score (nSPS) is 18.3. The Hall–Kier alpha value is -1.58. The fourth-order valence-corrected chi connectivity index (χ4v) is 3.23. The van der Waals surface area contributed by atoms with Gasteiger partial charge in [0.05, 0.1) is 6.10 Å². The second-order valence-corrected chi connectivity index (χ2v) is 5.67.